The molecule has 7 nitrogen and oxygen atoms in total. The van der Waals surface area contributed by atoms with E-state index < -0.39 is 28.5 Å². The number of halogens is 3. The summed E-state index contributed by atoms with van der Waals surface area (Å²) in [7, 11) is -4.22. The number of amides is 2. The summed E-state index contributed by atoms with van der Waals surface area (Å²) in [5, 5.41) is 3.29. The smallest absolute Gasteiger partial charge is 0.264 e. The third-order valence-electron chi connectivity index (χ3n) is 6.20. The Morgan fingerprint density at radius 3 is 2.28 bits per heavy atom. The summed E-state index contributed by atoms with van der Waals surface area (Å²) in [6, 6.07) is 18.5. The Bertz CT molecular complexity index is 1420. The molecule has 2 amide bonds. The standard InChI is InChI=1S/C28H30BrCl2N3O4S/c1-4-19(2)32-28(36)20(3)33(17-21-9-8-10-22(29)15-21)27(35)18-34(26-14-13-23(30)16-25(26)31)39(37,38)24-11-6-5-7-12-24/h5-16,19-20H,4,17-18H2,1-3H3,(H,32,36)/t19-,20-/m0/s1. The number of carbonyl (C=O) groups is 2. The quantitative estimate of drug-likeness (QED) is 0.264. The molecule has 3 aromatic carbocycles. The lowest BCUT2D eigenvalue weighted by Gasteiger charge is -2.32. The molecular weight excluding hydrogens is 625 g/mol. The lowest BCUT2D eigenvalue weighted by atomic mass is 10.1. The summed E-state index contributed by atoms with van der Waals surface area (Å²) in [5.41, 5.74) is 0.861. The molecule has 0 saturated heterocycles. The highest BCUT2D eigenvalue weighted by atomic mass is 79.9. The van der Waals surface area contributed by atoms with E-state index in [0.29, 0.717) is 5.02 Å². The first-order valence-corrected chi connectivity index (χ1v) is 15.3. The molecule has 2 atom stereocenters. The average molecular weight is 655 g/mol. The Kier molecular flexibility index (Phi) is 10.8. The van der Waals surface area contributed by atoms with Gasteiger partial charge in [-0.25, -0.2) is 8.42 Å². The van der Waals surface area contributed by atoms with Crippen molar-refractivity contribution in [2.45, 2.75) is 50.7 Å². The zero-order valence-electron chi connectivity index (χ0n) is 21.8. The van der Waals surface area contributed by atoms with Crippen LogP contribution in [-0.4, -0.2) is 43.8 Å². The predicted octanol–water partition coefficient (Wildman–Crippen LogP) is 6.28. The van der Waals surface area contributed by atoms with E-state index in [-0.39, 0.29) is 34.1 Å². The molecule has 0 aliphatic carbocycles. The van der Waals surface area contributed by atoms with Gasteiger partial charge in [0, 0.05) is 22.1 Å². The second-order valence-electron chi connectivity index (χ2n) is 9.07. The molecule has 0 radical (unpaired) electrons. The molecule has 1 N–H and O–H groups in total. The van der Waals surface area contributed by atoms with Crippen LogP contribution < -0.4 is 9.62 Å². The van der Waals surface area contributed by atoms with Gasteiger partial charge in [-0.3, -0.25) is 13.9 Å². The van der Waals surface area contributed by atoms with Crippen LogP contribution >= 0.6 is 39.1 Å². The zero-order valence-corrected chi connectivity index (χ0v) is 25.7. The number of rotatable bonds is 11. The summed E-state index contributed by atoms with van der Waals surface area (Å²) >= 11 is 15.9. The fourth-order valence-corrected chi connectivity index (χ4v) is 6.26. The number of hydrogen-bond acceptors (Lipinski definition) is 4. The number of nitrogens with one attached hydrogen (secondary N) is 1. The van der Waals surface area contributed by atoms with Gasteiger partial charge in [0.1, 0.15) is 12.6 Å². The minimum absolute atomic E-state index is 0.00933. The van der Waals surface area contributed by atoms with Crippen LogP contribution in [0, 0.1) is 0 Å². The first-order chi connectivity index (χ1) is 18.4. The van der Waals surface area contributed by atoms with Gasteiger partial charge in [-0.15, -0.1) is 0 Å². The Labute approximate surface area is 248 Å². The largest absolute Gasteiger partial charge is 0.352 e. The molecule has 208 valence electrons. The summed E-state index contributed by atoms with van der Waals surface area (Å²) in [6.45, 7) is 4.94. The Hall–Kier alpha value is -2.59. The maximum atomic E-state index is 13.9. The molecule has 0 heterocycles. The van der Waals surface area contributed by atoms with Gasteiger partial charge in [-0.1, -0.05) is 76.4 Å². The number of sulfonamides is 1. The van der Waals surface area contributed by atoms with E-state index in [1.807, 2.05) is 38.1 Å². The Balaban J connectivity index is 2.05. The lowest BCUT2D eigenvalue weighted by Crippen LogP contribution is -2.52. The fourth-order valence-electron chi connectivity index (χ4n) is 3.80. The van der Waals surface area contributed by atoms with Crippen molar-refractivity contribution >= 4 is 66.7 Å². The zero-order chi connectivity index (χ0) is 28.7. The molecule has 3 rings (SSSR count). The molecule has 11 heteroatoms. The highest BCUT2D eigenvalue weighted by molar-refractivity contribution is 9.10. The molecule has 0 unspecified atom stereocenters. The minimum Gasteiger partial charge on any atom is -0.352 e. The van der Waals surface area contributed by atoms with E-state index in [2.05, 4.69) is 21.2 Å². The Morgan fingerprint density at radius 1 is 0.974 bits per heavy atom. The van der Waals surface area contributed by atoms with Gasteiger partial charge in [-0.2, -0.15) is 0 Å². The van der Waals surface area contributed by atoms with E-state index in [1.54, 1.807) is 25.1 Å². The first-order valence-electron chi connectivity index (χ1n) is 12.3. The first kappa shape index (κ1) is 30.9. The molecule has 39 heavy (non-hydrogen) atoms. The molecule has 0 aliphatic heterocycles. The molecule has 0 aromatic heterocycles. The van der Waals surface area contributed by atoms with Gasteiger partial charge < -0.3 is 10.2 Å². The third kappa shape index (κ3) is 7.97. The summed E-state index contributed by atoms with van der Waals surface area (Å²) < 4.78 is 29.4. The van der Waals surface area contributed by atoms with Crippen molar-refractivity contribution in [2.75, 3.05) is 10.8 Å². The number of hydrogen-bond donors (Lipinski definition) is 1. The van der Waals surface area contributed by atoms with Crippen molar-refractivity contribution in [3.63, 3.8) is 0 Å². The molecule has 0 spiro atoms. The van der Waals surface area contributed by atoms with Crippen LogP contribution in [0.2, 0.25) is 10.0 Å². The Morgan fingerprint density at radius 2 is 1.67 bits per heavy atom. The van der Waals surface area contributed by atoms with Crippen LogP contribution in [-0.2, 0) is 26.2 Å². The highest BCUT2D eigenvalue weighted by Gasteiger charge is 2.33. The number of benzene rings is 3. The topological polar surface area (TPSA) is 86.8 Å². The van der Waals surface area contributed by atoms with Gasteiger partial charge in [0.2, 0.25) is 11.8 Å². The average Bonchev–Trinajstić information content (AvgIpc) is 2.90. The molecular formula is C28H30BrCl2N3O4S. The highest BCUT2D eigenvalue weighted by Crippen LogP contribution is 2.33. The van der Waals surface area contributed by atoms with Gasteiger partial charge in [0.15, 0.2) is 0 Å². The monoisotopic (exact) mass is 653 g/mol. The maximum Gasteiger partial charge on any atom is 0.264 e. The van der Waals surface area contributed by atoms with Gasteiger partial charge in [0.25, 0.3) is 10.0 Å². The minimum atomic E-state index is -4.22. The van der Waals surface area contributed by atoms with Crippen molar-refractivity contribution in [1.29, 1.82) is 0 Å². The predicted molar refractivity (Wildman–Crippen MR) is 159 cm³/mol. The van der Waals surface area contributed by atoms with Gasteiger partial charge in [-0.05, 0) is 68.3 Å². The summed E-state index contributed by atoms with van der Waals surface area (Å²) in [6.07, 6.45) is 0.718. The van der Waals surface area contributed by atoms with Crippen LogP contribution in [0.25, 0.3) is 0 Å². The third-order valence-corrected chi connectivity index (χ3v) is 9.00. The number of carbonyl (C=O) groups excluding carboxylic acids is 2. The van der Waals surface area contributed by atoms with Crippen LogP contribution in [0.3, 0.4) is 0 Å². The van der Waals surface area contributed by atoms with E-state index in [4.69, 9.17) is 23.2 Å². The summed E-state index contributed by atoms with van der Waals surface area (Å²) in [4.78, 5) is 28.4. The van der Waals surface area contributed by atoms with E-state index in [9.17, 15) is 18.0 Å². The van der Waals surface area contributed by atoms with Crippen molar-refractivity contribution in [1.82, 2.24) is 10.2 Å². The molecule has 0 saturated carbocycles. The lowest BCUT2D eigenvalue weighted by molar-refractivity contribution is -0.139. The maximum absolute atomic E-state index is 13.9. The van der Waals surface area contributed by atoms with Crippen molar-refractivity contribution < 1.29 is 18.0 Å². The molecule has 0 bridgehead atoms. The SMILES string of the molecule is CC[C@H](C)NC(=O)[C@H](C)N(Cc1cccc(Br)c1)C(=O)CN(c1ccc(Cl)cc1Cl)S(=O)(=O)c1ccccc1. The van der Waals surface area contributed by atoms with E-state index in [1.165, 1.54) is 35.2 Å². The van der Waals surface area contributed by atoms with Crippen LogP contribution in [0.15, 0.2) is 82.2 Å². The molecule has 0 aliphatic rings. The number of nitrogens with zero attached hydrogens (tertiary/aromatic N) is 2. The van der Waals surface area contributed by atoms with Crippen LogP contribution in [0.4, 0.5) is 5.69 Å². The van der Waals surface area contributed by atoms with Crippen molar-refractivity contribution in [3.8, 4) is 0 Å². The second-order valence-corrected chi connectivity index (χ2v) is 12.7. The van der Waals surface area contributed by atoms with Crippen molar-refractivity contribution in [2.24, 2.45) is 0 Å². The molecule has 3 aromatic rings. The normalized spacial score (nSPS) is 12.9. The second kappa shape index (κ2) is 13.7. The van der Waals surface area contributed by atoms with Crippen LogP contribution in [0.1, 0.15) is 32.8 Å². The number of anilines is 1. The summed E-state index contributed by atoms with van der Waals surface area (Å²) in [5.74, 6) is -0.915. The molecule has 0 fully saturated rings. The van der Waals surface area contributed by atoms with Gasteiger partial charge >= 0.3 is 0 Å². The van der Waals surface area contributed by atoms with Crippen molar-refractivity contribution in [3.05, 3.63) is 92.9 Å². The van der Waals surface area contributed by atoms with E-state index in [0.717, 1.165) is 20.8 Å². The fraction of sp³-hybridized carbons (Fsp3) is 0.286. The van der Waals surface area contributed by atoms with Crippen LogP contribution in [0.5, 0.6) is 0 Å². The van der Waals surface area contributed by atoms with E-state index >= 15 is 0 Å². The van der Waals surface area contributed by atoms with Gasteiger partial charge in [0.05, 0.1) is 15.6 Å².